The molecule has 2 heteroatoms. The second-order valence-electron chi connectivity index (χ2n) is 4.22. The van der Waals surface area contributed by atoms with Crippen molar-refractivity contribution in [1.29, 1.82) is 0 Å². The van der Waals surface area contributed by atoms with Crippen LogP contribution in [-0.2, 0) is 0 Å². The highest BCUT2D eigenvalue weighted by Gasteiger charge is 2.13. The Morgan fingerprint density at radius 3 is 2.64 bits per heavy atom. The largest absolute Gasteiger partial charge is 0.374 e. The average molecular weight is 197 g/mol. The van der Waals surface area contributed by atoms with Crippen LogP contribution in [0.3, 0.4) is 0 Å². The van der Waals surface area contributed by atoms with E-state index in [-0.39, 0.29) is 6.67 Å². The zero-order valence-electron chi connectivity index (χ0n) is 9.39. The van der Waals surface area contributed by atoms with E-state index >= 15 is 0 Å². The molecule has 1 heterocycles. The van der Waals surface area contributed by atoms with Crippen molar-refractivity contribution in [2.24, 2.45) is 5.92 Å². The van der Waals surface area contributed by atoms with Gasteiger partial charge in [-0.1, -0.05) is 25.5 Å². The van der Waals surface area contributed by atoms with Gasteiger partial charge in [0.15, 0.2) is 0 Å². The van der Waals surface area contributed by atoms with Crippen LogP contribution < -0.4 is 0 Å². The lowest BCUT2D eigenvalue weighted by molar-refractivity contribution is 0.386. The zero-order chi connectivity index (χ0) is 10.6. The smallest absolute Gasteiger partial charge is 0.0897 e. The predicted molar refractivity (Wildman–Crippen MR) is 58.8 cm³/mol. The van der Waals surface area contributed by atoms with Crippen molar-refractivity contribution in [3.8, 4) is 0 Å². The molecule has 1 aliphatic rings. The normalized spacial score (nSPS) is 17.1. The molecule has 0 spiro atoms. The molecule has 0 saturated carbocycles. The fraction of sp³-hybridized carbons (Fsp3) is 0.667. The Bertz CT molecular complexity index is 241. The molecule has 1 aliphatic heterocycles. The number of likely N-dealkylation sites (N-methyl/N-ethyl adjacent to an activating group) is 1. The Kier molecular flexibility index (Phi) is 4.18. The van der Waals surface area contributed by atoms with Crippen molar-refractivity contribution in [2.75, 3.05) is 20.3 Å². The number of allylic oxidation sites excluding steroid dienone is 3. The maximum atomic E-state index is 12.0. The first-order valence-electron chi connectivity index (χ1n) is 5.32. The molecule has 0 N–H and O–H groups in total. The van der Waals surface area contributed by atoms with Crippen LogP contribution in [-0.4, -0.2) is 25.2 Å². The van der Waals surface area contributed by atoms with Gasteiger partial charge in [-0.15, -0.1) is 0 Å². The van der Waals surface area contributed by atoms with Gasteiger partial charge >= 0.3 is 0 Å². The van der Waals surface area contributed by atoms with E-state index in [1.165, 1.54) is 11.3 Å². The summed E-state index contributed by atoms with van der Waals surface area (Å²) in [6.07, 6.45) is 5.87. The third kappa shape index (κ3) is 2.86. The van der Waals surface area contributed by atoms with Gasteiger partial charge in [-0.05, 0) is 24.8 Å². The second-order valence-corrected chi connectivity index (χ2v) is 4.22. The molecule has 1 nitrogen and oxygen atoms in total. The van der Waals surface area contributed by atoms with Crippen molar-refractivity contribution < 1.29 is 4.39 Å². The van der Waals surface area contributed by atoms with Crippen LogP contribution in [0.15, 0.2) is 23.4 Å². The van der Waals surface area contributed by atoms with Crippen LogP contribution in [0.1, 0.15) is 26.7 Å². The molecule has 0 atom stereocenters. The van der Waals surface area contributed by atoms with E-state index in [0.717, 1.165) is 13.0 Å². The van der Waals surface area contributed by atoms with Gasteiger partial charge in [-0.3, -0.25) is 4.39 Å². The maximum absolute atomic E-state index is 12.0. The minimum Gasteiger partial charge on any atom is -0.374 e. The lowest BCUT2D eigenvalue weighted by atomic mass is 10.0. The highest BCUT2D eigenvalue weighted by atomic mass is 19.1. The lowest BCUT2D eigenvalue weighted by Gasteiger charge is -2.29. The molecule has 0 aromatic rings. The Balaban J connectivity index is 2.59. The number of hydrogen-bond acceptors (Lipinski definition) is 1. The van der Waals surface area contributed by atoms with Crippen molar-refractivity contribution >= 4 is 0 Å². The minimum absolute atomic E-state index is 0.207. The SMILES string of the molecule is CC(C)C1=CC=C(CCCF)CN1C. The quantitative estimate of drug-likeness (QED) is 0.669. The minimum atomic E-state index is -0.207. The van der Waals surface area contributed by atoms with Crippen LogP contribution >= 0.6 is 0 Å². The molecule has 0 aromatic carbocycles. The van der Waals surface area contributed by atoms with Crippen LogP contribution in [0.2, 0.25) is 0 Å². The van der Waals surface area contributed by atoms with Gasteiger partial charge < -0.3 is 4.90 Å². The molecule has 14 heavy (non-hydrogen) atoms. The molecule has 80 valence electrons. The number of alkyl halides is 1. The van der Waals surface area contributed by atoms with E-state index < -0.39 is 0 Å². The molecule has 0 aliphatic carbocycles. The van der Waals surface area contributed by atoms with Gasteiger partial charge in [-0.25, -0.2) is 0 Å². The van der Waals surface area contributed by atoms with E-state index in [9.17, 15) is 4.39 Å². The Hall–Kier alpha value is -0.790. The fourth-order valence-electron chi connectivity index (χ4n) is 1.87. The third-order valence-corrected chi connectivity index (χ3v) is 2.59. The summed E-state index contributed by atoms with van der Waals surface area (Å²) in [4.78, 5) is 2.26. The summed E-state index contributed by atoms with van der Waals surface area (Å²) in [5, 5.41) is 0. The molecule has 0 fully saturated rings. The van der Waals surface area contributed by atoms with Crippen LogP contribution in [0, 0.1) is 5.92 Å². The Morgan fingerprint density at radius 1 is 1.43 bits per heavy atom. The Morgan fingerprint density at radius 2 is 2.14 bits per heavy atom. The fourth-order valence-corrected chi connectivity index (χ4v) is 1.87. The van der Waals surface area contributed by atoms with E-state index in [1.54, 1.807) is 0 Å². The molecule has 0 radical (unpaired) electrons. The number of rotatable bonds is 4. The van der Waals surface area contributed by atoms with Crippen molar-refractivity contribution in [3.05, 3.63) is 23.4 Å². The zero-order valence-corrected chi connectivity index (χ0v) is 9.39. The third-order valence-electron chi connectivity index (χ3n) is 2.59. The van der Waals surface area contributed by atoms with E-state index in [2.05, 4.69) is 37.9 Å². The van der Waals surface area contributed by atoms with Crippen LogP contribution in [0.25, 0.3) is 0 Å². The molecular weight excluding hydrogens is 177 g/mol. The first kappa shape index (κ1) is 11.3. The molecular formula is C12H20FN. The van der Waals surface area contributed by atoms with Crippen molar-refractivity contribution in [3.63, 3.8) is 0 Å². The highest BCUT2D eigenvalue weighted by Crippen LogP contribution is 2.21. The first-order valence-corrected chi connectivity index (χ1v) is 5.32. The molecule has 0 aromatic heterocycles. The monoisotopic (exact) mass is 197 g/mol. The summed E-state index contributed by atoms with van der Waals surface area (Å²) in [7, 11) is 2.11. The molecule has 0 amide bonds. The summed E-state index contributed by atoms with van der Waals surface area (Å²) >= 11 is 0. The van der Waals surface area contributed by atoms with E-state index in [0.29, 0.717) is 12.3 Å². The van der Waals surface area contributed by atoms with Gasteiger partial charge in [0.05, 0.1) is 6.67 Å². The van der Waals surface area contributed by atoms with Crippen LogP contribution in [0.5, 0.6) is 0 Å². The molecule has 1 rings (SSSR count). The molecule has 0 saturated heterocycles. The number of nitrogens with zero attached hydrogens (tertiary/aromatic N) is 1. The average Bonchev–Trinajstić information content (AvgIpc) is 2.14. The lowest BCUT2D eigenvalue weighted by Crippen LogP contribution is -2.25. The summed E-state index contributed by atoms with van der Waals surface area (Å²) in [5.74, 6) is 0.568. The van der Waals surface area contributed by atoms with E-state index in [4.69, 9.17) is 0 Å². The number of hydrogen-bond donors (Lipinski definition) is 0. The first-order chi connectivity index (χ1) is 6.65. The Labute approximate surface area is 86.3 Å². The second kappa shape index (κ2) is 5.18. The summed E-state index contributed by atoms with van der Waals surface area (Å²) in [6, 6.07) is 0. The van der Waals surface area contributed by atoms with Gasteiger partial charge in [0.25, 0.3) is 0 Å². The van der Waals surface area contributed by atoms with Gasteiger partial charge in [-0.2, -0.15) is 0 Å². The standard InChI is InChI=1S/C12H20FN/c1-10(2)12-7-6-11(5-4-8-13)9-14(12)3/h6-7,10H,4-5,8-9H2,1-3H3. The molecule has 0 unspecified atom stereocenters. The topological polar surface area (TPSA) is 3.24 Å². The van der Waals surface area contributed by atoms with Crippen molar-refractivity contribution in [2.45, 2.75) is 26.7 Å². The van der Waals surface area contributed by atoms with Gasteiger partial charge in [0.2, 0.25) is 0 Å². The maximum Gasteiger partial charge on any atom is 0.0897 e. The summed E-state index contributed by atoms with van der Waals surface area (Å²) < 4.78 is 12.0. The van der Waals surface area contributed by atoms with Gasteiger partial charge in [0.1, 0.15) is 0 Å². The molecule has 0 bridgehead atoms. The van der Waals surface area contributed by atoms with Crippen molar-refractivity contribution in [1.82, 2.24) is 4.90 Å². The van der Waals surface area contributed by atoms with Crippen LogP contribution in [0.4, 0.5) is 4.39 Å². The summed E-state index contributed by atoms with van der Waals surface area (Å²) in [5.41, 5.74) is 2.71. The van der Waals surface area contributed by atoms with Gasteiger partial charge in [0, 0.05) is 19.3 Å². The van der Waals surface area contributed by atoms with E-state index in [1.807, 2.05) is 0 Å². The number of halogens is 1. The predicted octanol–water partition coefficient (Wildman–Crippen LogP) is 3.15. The highest BCUT2D eigenvalue weighted by molar-refractivity contribution is 5.25. The summed E-state index contributed by atoms with van der Waals surface area (Å²) in [6.45, 7) is 5.15.